The summed E-state index contributed by atoms with van der Waals surface area (Å²) in [7, 11) is -3.94. The molecule has 1 aliphatic rings. The third-order valence-corrected chi connectivity index (χ3v) is 6.80. The van der Waals surface area contributed by atoms with Gasteiger partial charge < -0.3 is 10.2 Å². The minimum Gasteiger partial charge on any atom is -0.325 e. The van der Waals surface area contributed by atoms with Crippen molar-refractivity contribution in [3.63, 3.8) is 0 Å². The maximum Gasteiger partial charge on any atom is 0.248 e. The van der Waals surface area contributed by atoms with Gasteiger partial charge in [-0.25, -0.2) is 17.8 Å². The first-order valence-electron chi connectivity index (χ1n) is 9.75. The third-order valence-electron chi connectivity index (χ3n) is 5.00. The van der Waals surface area contributed by atoms with Crippen molar-refractivity contribution < 1.29 is 17.6 Å². The zero-order valence-corrected chi connectivity index (χ0v) is 17.6. The number of aryl methyl sites for hydroxylation is 1. The van der Waals surface area contributed by atoms with Crippen molar-refractivity contribution in [3.8, 4) is 0 Å². The van der Waals surface area contributed by atoms with E-state index in [1.165, 1.54) is 30.5 Å². The van der Waals surface area contributed by atoms with Crippen LogP contribution in [0.3, 0.4) is 0 Å². The molecule has 0 radical (unpaired) electrons. The van der Waals surface area contributed by atoms with Gasteiger partial charge in [0.2, 0.25) is 15.9 Å². The molecule has 0 unspecified atom stereocenters. The first-order valence-corrected chi connectivity index (χ1v) is 11.2. The van der Waals surface area contributed by atoms with Crippen LogP contribution in [0.2, 0.25) is 0 Å². The fourth-order valence-electron chi connectivity index (χ4n) is 3.42. The van der Waals surface area contributed by atoms with E-state index in [2.05, 4.69) is 10.3 Å². The predicted molar refractivity (Wildman–Crippen MR) is 116 cm³/mol. The van der Waals surface area contributed by atoms with Gasteiger partial charge in [0.25, 0.3) is 0 Å². The molecule has 31 heavy (non-hydrogen) atoms. The SMILES string of the molecule is CCc1cccc(NC(=O)CN2CN(c3ccc(F)cc3)c3ncccc3S2(=O)=O)c1. The van der Waals surface area contributed by atoms with E-state index in [-0.39, 0.29) is 23.9 Å². The van der Waals surface area contributed by atoms with Gasteiger partial charge in [-0.15, -0.1) is 0 Å². The lowest BCUT2D eigenvalue weighted by atomic mass is 10.1. The predicted octanol–water partition coefficient (Wildman–Crippen LogP) is 3.52. The molecule has 0 fully saturated rings. The van der Waals surface area contributed by atoms with E-state index in [4.69, 9.17) is 0 Å². The van der Waals surface area contributed by atoms with Crippen molar-refractivity contribution >= 4 is 33.1 Å². The molecule has 0 saturated carbocycles. The van der Waals surface area contributed by atoms with E-state index < -0.39 is 21.7 Å². The maximum atomic E-state index is 13.4. The summed E-state index contributed by atoms with van der Waals surface area (Å²) in [6.07, 6.45) is 2.31. The number of hydrogen-bond donors (Lipinski definition) is 1. The molecule has 0 bridgehead atoms. The lowest BCUT2D eigenvalue weighted by Crippen LogP contribution is -2.47. The summed E-state index contributed by atoms with van der Waals surface area (Å²) in [5, 5.41) is 2.76. The zero-order chi connectivity index (χ0) is 22.0. The highest BCUT2D eigenvalue weighted by Crippen LogP contribution is 2.35. The summed E-state index contributed by atoms with van der Waals surface area (Å²) < 4.78 is 40.8. The second-order valence-corrected chi connectivity index (χ2v) is 8.99. The summed E-state index contributed by atoms with van der Waals surface area (Å²) in [6.45, 7) is 1.52. The van der Waals surface area contributed by atoms with Crippen LogP contribution in [0.25, 0.3) is 0 Å². The van der Waals surface area contributed by atoms with Crippen LogP contribution in [0.15, 0.2) is 71.8 Å². The molecule has 3 aromatic rings. The van der Waals surface area contributed by atoms with E-state index in [0.717, 1.165) is 16.3 Å². The smallest absolute Gasteiger partial charge is 0.248 e. The van der Waals surface area contributed by atoms with Crippen molar-refractivity contribution in [2.45, 2.75) is 18.2 Å². The lowest BCUT2D eigenvalue weighted by Gasteiger charge is -2.36. The molecular weight excluding hydrogens is 419 g/mol. The monoisotopic (exact) mass is 440 g/mol. The normalized spacial score (nSPS) is 15.4. The molecule has 2 aromatic carbocycles. The number of aromatic nitrogens is 1. The standard InChI is InChI=1S/C22H21FN4O3S/c1-2-16-5-3-6-18(13-16)25-21(28)14-26-15-27(19-10-8-17(23)9-11-19)22-20(31(26,29)30)7-4-12-24-22/h3-13H,2,14-15H2,1H3,(H,25,28). The van der Waals surface area contributed by atoms with Crippen molar-refractivity contribution in [1.29, 1.82) is 0 Å². The third kappa shape index (κ3) is 4.28. The summed E-state index contributed by atoms with van der Waals surface area (Å²) in [5.41, 5.74) is 2.24. The number of benzene rings is 2. The Bertz CT molecular complexity index is 1220. The Hall–Kier alpha value is -3.30. The average Bonchev–Trinajstić information content (AvgIpc) is 2.77. The van der Waals surface area contributed by atoms with Crippen molar-refractivity contribution in [2.24, 2.45) is 0 Å². The number of halogens is 1. The van der Waals surface area contributed by atoms with Crippen molar-refractivity contribution in [1.82, 2.24) is 9.29 Å². The Morgan fingerprint density at radius 3 is 2.65 bits per heavy atom. The highest BCUT2D eigenvalue weighted by molar-refractivity contribution is 7.89. The number of nitrogens with zero attached hydrogens (tertiary/aromatic N) is 3. The van der Waals surface area contributed by atoms with Crippen LogP contribution in [-0.4, -0.2) is 36.8 Å². The summed E-state index contributed by atoms with van der Waals surface area (Å²) in [5.74, 6) is -0.621. The average molecular weight is 441 g/mol. The van der Waals surface area contributed by atoms with Gasteiger partial charge in [-0.05, 0) is 60.5 Å². The molecule has 4 rings (SSSR count). The molecule has 7 nitrogen and oxygen atoms in total. The number of fused-ring (bicyclic) bond motifs is 1. The quantitative estimate of drug-likeness (QED) is 0.656. The molecule has 1 aliphatic heterocycles. The number of hydrogen-bond acceptors (Lipinski definition) is 5. The van der Waals surface area contributed by atoms with Crippen LogP contribution in [0.4, 0.5) is 21.6 Å². The fourth-order valence-corrected chi connectivity index (χ4v) is 4.89. The van der Waals surface area contributed by atoms with Gasteiger partial charge in [0.1, 0.15) is 10.7 Å². The fraction of sp³-hybridized carbons (Fsp3) is 0.182. The first kappa shape index (κ1) is 21.0. The zero-order valence-electron chi connectivity index (χ0n) is 16.8. The van der Waals surface area contributed by atoms with Gasteiger partial charge in [-0.2, -0.15) is 4.31 Å². The molecule has 1 aromatic heterocycles. The Balaban J connectivity index is 1.63. The van der Waals surface area contributed by atoms with Gasteiger partial charge in [0.05, 0.1) is 13.2 Å². The second-order valence-electron chi connectivity index (χ2n) is 7.09. The largest absolute Gasteiger partial charge is 0.325 e. The van der Waals surface area contributed by atoms with Crippen LogP contribution >= 0.6 is 0 Å². The van der Waals surface area contributed by atoms with E-state index in [1.807, 2.05) is 25.1 Å². The number of pyridine rings is 1. The first-order chi connectivity index (χ1) is 14.9. The Labute approximate surface area is 180 Å². The van der Waals surface area contributed by atoms with Gasteiger partial charge in [-0.3, -0.25) is 4.79 Å². The van der Waals surface area contributed by atoms with Gasteiger partial charge in [-0.1, -0.05) is 19.1 Å². The van der Waals surface area contributed by atoms with Crippen LogP contribution < -0.4 is 10.2 Å². The van der Waals surface area contributed by atoms with E-state index >= 15 is 0 Å². The number of anilines is 3. The molecule has 0 saturated heterocycles. The van der Waals surface area contributed by atoms with E-state index in [1.54, 1.807) is 23.1 Å². The maximum absolute atomic E-state index is 13.4. The van der Waals surface area contributed by atoms with E-state index in [0.29, 0.717) is 11.4 Å². The van der Waals surface area contributed by atoms with Crippen molar-refractivity contribution in [2.75, 3.05) is 23.4 Å². The number of carbonyl (C=O) groups is 1. The summed E-state index contributed by atoms with van der Waals surface area (Å²) >= 11 is 0. The topological polar surface area (TPSA) is 82.6 Å². The molecular formula is C22H21FN4O3S. The highest BCUT2D eigenvalue weighted by Gasteiger charge is 2.37. The summed E-state index contributed by atoms with van der Waals surface area (Å²) in [4.78, 5) is 18.5. The van der Waals surface area contributed by atoms with Crippen LogP contribution in [0, 0.1) is 5.82 Å². The van der Waals surface area contributed by atoms with Crippen LogP contribution in [0.5, 0.6) is 0 Å². The number of carbonyl (C=O) groups excluding carboxylic acids is 1. The van der Waals surface area contributed by atoms with Gasteiger partial charge in [0.15, 0.2) is 5.82 Å². The Kier molecular flexibility index (Phi) is 5.71. The Morgan fingerprint density at radius 2 is 1.90 bits per heavy atom. The number of amides is 1. The number of rotatable bonds is 5. The number of nitrogens with one attached hydrogen (secondary N) is 1. The van der Waals surface area contributed by atoms with Gasteiger partial charge >= 0.3 is 0 Å². The minimum atomic E-state index is -3.94. The van der Waals surface area contributed by atoms with Crippen molar-refractivity contribution in [3.05, 3.63) is 78.2 Å². The number of sulfonamides is 1. The molecule has 0 spiro atoms. The Morgan fingerprint density at radius 1 is 1.13 bits per heavy atom. The molecule has 160 valence electrons. The molecule has 1 amide bonds. The molecule has 0 aliphatic carbocycles. The highest BCUT2D eigenvalue weighted by atomic mass is 32.2. The van der Waals surface area contributed by atoms with Crippen LogP contribution in [0.1, 0.15) is 12.5 Å². The second kappa shape index (κ2) is 8.44. The summed E-state index contributed by atoms with van der Waals surface area (Å²) in [6, 6.07) is 16.0. The molecule has 1 N–H and O–H groups in total. The molecule has 9 heteroatoms. The van der Waals surface area contributed by atoms with Gasteiger partial charge in [0, 0.05) is 17.6 Å². The van der Waals surface area contributed by atoms with E-state index in [9.17, 15) is 17.6 Å². The minimum absolute atomic E-state index is 0.00800. The lowest BCUT2D eigenvalue weighted by molar-refractivity contribution is -0.116. The molecule has 0 atom stereocenters. The van der Waals surface area contributed by atoms with Crippen LogP contribution in [-0.2, 0) is 21.2 Å². The molecule has 2 heterocycles.